The Bertz CT molecular complexity index is 1040. The SMILES string of the molecule is COc1cc(CCNC=O)c(C(Cc2c[nH]c3ccccc23)C2CCOCC2)cc1OC. The zero-order valence-corrected chi connectivity index (χ0v) is 18.9. The molecule has 1 saturated heterocycles. The molecule has 1 aliphatic rings. The van der Waals surface area contributed by atoms with Crippen LogP contribution in [0, 0.1) is 5.92 Å². The van der Waals surface area contributed by atoms with Crippen LogP contribution in [0.3, 0.4) is 0 Å². The molecule has 6 nitrogen and oxygen atoms in total. The van der Waals surface area contributed by atoms with Crippen molar-refractivity contribution in [3.05, 3.63) is 59.3 Å². The number of fused-ring (bicyclic) bond motifs is 1. The lowest BCUT2D eigenvalue weighted by Crippen LogP contribution is -2.25. The number of benzene rings is 2. The number of amides is 1. The lowest BCUT2D eigenvalue weighted by molar-refractivity contribution is -0.109. The molecule has 1 atom stereocenters. The number of carbonyl (C=O) groups is 1. The first kappa shape index (κ1) is 22.2. The van der Waals surface area contributed by atoms with E-state index in [1.54, 1.807) is 14.2 Å². The molecule has 2 heterocycles. The van der Waals surface area contributed by atoms with E-state index in [1.807, 2.05) is 0 Å². The summed E-state index contributed by atoms with van der Waals surface area (Å²) in [6.45, 7) is 2.17. The highest BCUT2D eigenvalue weighted by atomic mass is 16.5. The molecule has 0 saturated carbocycles. The van der Waals surface area contributed by atoms with E-state index in [4.69, 9.17) is 14.2 Å². The molecule has 1 aromatic heterocycles. The fraction of sp³-hybridized carbons (Fsp3) is 0.423. The van der Waals surface area contributed by atoms with E-state index < -0.39 is 0 Å². The Morgan fingerprint density at radius 1 is 1.12 bits per heavy atom. The van der Waals surface area contributed by atoms with Gasteiger partial charge in [-0.1, -0.05) is 18.2 Å². The summed E-state index contributed by atoms with van der Waals surface area (Å²) in [6, 6.07) is 12.7. The molecule has 32 heavy (non-hydrogen) atoms. The van der Waals surface area contributed by atoms with E-state index in [0.29, 0.717) is 18.4 Å². The predicted molar refractivity (Wildman–Crippen MR) is 126 cm³/mol. The van der Waals surface area contributed by atoms with Gasteiger partial charge in [-0.2, -0.15) is 0 Å². The highest BCUT2D eigenvalue weighted by molar-refractivity contribution is 5.83. The smallest absolute Gasteiger partial charge is 0.207 e. The minimum Gasteiger partial charge on any atom is -0.493 e. The first-order valence-corrected chi connectivity index (χ1v) is 11.3. The Kier molecular flexibility index (Phi) is 7.32. The second-order valence-electron chi connectivity index (χ2n) is 8.35. The first-order valence-electron chi connectivity index (χ1n) is 11.3. The fourth-order valence-corrected chi connectivity index (χ4v) is 4.95. The first-order chi connectivity index (χ1) is 15.7. The van der Waals surface area contributed by atoms with Gasteiger partial charge in [0.25, 0.3) is 0 Å². The third kappa shape index (κ3) is 4.75. The number of hydrogen-bond donors (Lipinski definition) is 2. The van der Waals surface area contributed by atoms with E-state index in [9.17, 15) is 4.79 Å². The van der Waals surface area contributed by atoms with E-state index >= 15 is 0 Å². The van der Waals surface area contributed by atoms with E-state index in [2.05, 4.69) is 52.9 Å². The van der Waals surface area contributed by atoms with Crippen LogP contribution in [0.1, 0.15) is 35.4 Å². The number of aromatic amines is 1. The topological polar surface area (TPSA) is 72.6 Å². The van der Waals surface area contributed by atoms with Crippen molar-refractivity contribution in [3.8, 4) is 11.5 Å². The minimum atomic E-state index is 0.309. The Balaban J connectivity index is 1.77. The number of rotatable bonds is 10. The quantitative estimate of drug-likeness (QED) is 0.369. The molecule has 0 spiro atoms. The molecule has 2 aromatic carbocycles. The van der Waals surface area contributed by atoms with Crippen LogP contribution < -0.4 is 14.8 Å². The van der Waals surface area contributed by atoms with Gasteiger partial charge in [0.1, 0.15) is 0 Å². The van der Waals surface area contributed by atoms with Gasteiger partial charge in [-0.05, 0) is 72.4 Å². The van der Waals surface area contributed by atoms with E-state index in [0.717, 1.165) is 62.3 Å². The van der Waals surface area contributed by atoms with Crippen LogP contribution in [0.2, 0.25) is 0 Å². The van der Waals surface area contributed by atoms with Crippen LogP contribution in [-0.2, 0) is 22.4 Å². The van der Waals surface area contributed by atoms with Gasteiger partial charge in [0.15, 0.2) is 11.5 Å². The highest BCUT2D eigenvalue weighted by Gasteiger charge is 2.29. The average Bonchev–Trinajstić information content (AvgIpc) is 3.26. The summed E-state index contributed by atoms with van der Waals surface area (Å²) < 4.78 is 16.9. The Morgan fingerprint density at radius 2 is 1.88 bits per heavy atom. The van der Waals surface area contributed by atoms with Crippen molar-refractivity contribution in [3.63, 3.8) is 0 Å². The number of carbonyl (C=O) groups excluding carboxylic acids is 1. The number of methoxy groups -OCH3 is 2. The number of para-hydroxylation sites is 1. The zero-order valence-electron chi connectivity index (χ0n) is 18.9. The third-order valence-electron chi connectivity index (χ3n) is 6.62. The van der Waals surface area contributed by atoms with Crippen molar-refractivity contribution in [2.75, 3.05) is 34.0 Å². The molecule has 3 aromatic rings. The molecule has 0 aliphatic carbocycles. The van der Waals surface area contributed by atoms with Gasteiger partial charge in [0.2, 0.25) is 6.41 Å². The second kappa shape index (κ2) is 10.6. The van der Waals surface area contributed by atoms with Gasteiger partial charge in [-0.3, -0.25) is 4.79 Å². The number of nitrogens with one attached hydrogen (secondary N) is 2. The summed E-state index contributed by atoms with van der Waals surface area (Å²) >= 11 is 0. The molecule has 170 valence electrons. The molecule has 6 heteroatoms. The van der Waals surface area contributed by atoms with Crippen molar-refractivity contribution < 1.29 is 19.0 Å². The standard InChI is InChI=1S/C26H32N2O4/c1-30-25-14-19(7-10-27-17-29)23(15-26(25)31-2)22(18-8-11-32-12-9-18)13-20-16-28-24-6-4-3-5-21(20)24/h3-6,14-18,22,28H,7-13H2,1-2H3,(H,27,29). The Hall–Kier alpha value is -2.99. The maximum atomic E-state index is 10.8. The summed E-state index contributed by atoms with van der Waals surface area (Å²) in [5.41, 5.74) is 4.95. The third-order valence-corrected chi connectivity index (χ3v) is 6.62. The second-order valence-corrected chi connectivity index (χ2v) is 8.35. The molecule has 0 radical (unpaired) electrons. The number of hydrogen-bond acceptors (Lipinski definition) is 4. The molecular weight excluding hydrogens is 404 g/mol. The monoisotopic (exact) mass is 436 g/mol. The van der Waals surface area contributed by atoms with Crippen LogP contribution >= 0.6 is 0 Å². The maximum Gasteiger partial charge on any atom is 0.207 e. The average molecular weight is 437 g/mol. The van der Waals surface area contributed by atoms with Crippen molar-refractivity contribution in [2.24, 2.45) is 5.92 Å². The van der Waals surface area contributed by atoms with Crippen molar-refractivity contribution >= 4 is 17.3 Å². The van der Waals surface area contributed by atoms with Crippen LogP contribution in [0.5, 0.6) is 11.5 Å². The summed E-state index contributed by atoms with van der Waals surface area (Å²) in [5, 5.41) is 4.07. The van der Waals surface area contributed by atoms with Crippen molar-refractivity contribution in [1.82, 2.24) is 10.3 Å². The highest BCUT2D eigenvalue weighted by Crippen LogP contribution is 2.42. The molecule has 1 amide bonds. The minimum absolute atomic E-state index is 0.309. The molecular formula is C26H32N2O4. The Labute approximate surface area is 189 Å². The van der Waals surface area contributed by atoms with Gasteiger partial charge in [0.05, 0.1) is 14.2 Å². The Morgan fingerprint density at radius 3 is 2.62 bits per heavy atom. The number of aromatic nitrogens is 1. The summed E-state index contributed by atoms with van der Waals surface area (Å²) in [5.74, 6) is 2.28. The molecule has 4 rings (SSSR count). The number of H-pyrrole nitrogens is 1. The lowest BCUT2D eigenvalue weighted by Gasteiger charge is -2.32. The summed E-state index contributed by atoms with van der Waals surface area (Å²) in [4.78, 5) is 14.3. The lowest BCUT2D eigenvalue weighted by atomic mass is 9.75. The van der Waals surface area contributed by atoms with Gasteiger partial charge < -0.3 is 24.5 Å². The van der Waals surface area contributed by atoms with E-state index in [-0.39, 0.29) is 0 Å². The number of ether oxygens (including phenoxy) is 3. The van der Waals surface area contributed by atoms with E-state index in [1.165, 1.54) is 22.1 Å². The van der Waals surface area contributed by atoms with Crippen LogP contribution in [0.25, 0.3) is 10.9 Å². The largest absolute Gasteiger partial charge is 0.493 e. The van der Waals surface area contributed by atoms with Crippen LogP contribution in [0.15, 0.2) is 42.6 Å². The summed E-state index contributed by atoms with van der Waals surface area (Å²) in [6.07, 6.45) is 6.63. The zero-order chi connectivity index (χ0) is 22.3. The van der Waals surface area contributed by atoms with Crippen molar-refractivity contribution in [1.29, 1.82) is 0 Å². The maximum absolute atomic E-state index is 10.8. The predicted octanol–water partition coefficient (Wildman–Crippen LogP) is 4.23. The molecule has 1 aliphatic heterocycles. The normalized spacial score (nSPS) is 15.4. The van der Waals surface area contributed by atoms with Crippen molar-refractivity contribution in [2.45, 2.75) is 31.6 Å². The van der Waals surface area contributed by atoms with Gasteiger partial charge in [-0.15, -0.1) is 0 Å². The van der Waals surface area contributed by atoms with Crippen LogP contribution in [-0.4, -0.2) is 45.4 Å². The van der Waals surface area contributed by atoms with Gasteiger partial charge in [-0.25, -0.2) is 0 Å². The molecule has 2 N–H and O–H groups in total. The van der Waals surface area contributed by atoms with Crippen LogP contribution in [0.4, 0.5) is 0 Å². The summed E-state index contributed by atoms with van der Waals surface area (Å²) in [7, 11) is 3.34. The molecule has 0 bridgehead atoms. The fourth-order valence-electron chi connectivity index (χ4n) is 4.95. The van der Waals surface area contributed by atoms with Gasteiger partial charge in [0, 0.05) is 36.9 Å². The molecule has 1 unspecified atom stereocenters. The van der Waals surface area contributed by atoms with Gasteiger partial charge >= 0.3 is 0 Å². The molecule has 1 fully saturated rings.